The highest BCUT2D eigenvalue weighted by Crippen LogP contribution is 2.21. The zero-order chi connectivity index (χ0) is 17.8. The highest BCUT2D eigenvalue weighted by Gasteiger charge is 2.30. The fourth-order valence-electron chi connectivity index (χ4n) is 2.50. The molecule has 0 aliphatic rings. The van der Waals surface area contributed by atoms with Crippen LogP contribution < -0.4 is 0 Å². The quantitative estimate of drug-likeness (QED) is 0.471. The Morgan fingerprint density at radius 2 is 1.83 bits per heavy atom. The Kier molecular flexibility index (Phi) is 9.51. The first-order valence-corrected chi connectivity index (χ1v) is 8.72. The van der Waals surface area contributed by atoms with Crippen LogP contribution in [-0.2, 0) is 19.1 Å². The fourth-order valence-corrected chi connectivity index (χ4v) is 2.50. The van der Waals surface area contributed by atoms with Crippen molar-refractivity contribution in [1.29, 1.82) is 0 Å². The molecule has 0 bridgehead atoms. The second-order valence-corrected chi connectivity index (χ2v) is 5.63. The van der Waals surface area contributed by atoms with Gasteiger partial charge in [-0.25, -0.2) is 4.79 Å². The molecule has 0 amide bonds. The SMILES string of the molecule is CCCCC(C(=O)OCC)C(CC)OC(=O)/C=C/c1ccccc1. The third kappa shape index (κ3) is 6.99. The summed E-state index contributed by atoms with van der Waals surface area (Å²) in [6.07, 6.45) is 5.79. The Morgan fingerprint density at radius 3 is 2.42 bits per heavy atom. The molecule has 4 heteroatoms. The van der Waals surface area contributed by atoms with Gasteiger partial charge < -0.3 is 9.47 Å². The molecule has 1 aromatic carbocycles. The lowest BCUT2D eigenvalue weighted by Crippen LogP contribution is -2.33. The van der Waals surface area contributed by atoms with Crippen LogP contribution in [0.3, 0.4) is 0 Å². The van der Waals surface area contributed by atoms with Crippen molar-refractivity contribution in [3.05, 3.63) is 42.0 Å². The Labute approximate surface area is 144 Å². The maximum Gasteiger partial charge on any atom is 0.331 e. The van der Waals surface area contributed by atoms with Gasteiger partial charge in [0.2, 0.25) is 0 Å². The van der Waals surface area contributed by atoms with E-state index < -0.39 is 18.0 Å². The van der Waals surface area contributed by atoms with Gasteiger partial charge in [-0.3, -0.25) is 4.79 Å². The van der Waals surface area contributed by atoms with Gasteiger partial charge in [0.05, 0.1) is 12.5 Å². The number of carbonyl (C=O) groups is 2. The van der Waals surface area contributed by atoms with Crippen LogP contribution in [-0.4, -0.2) is 24.6 Å². The van der Waals surface area contributed by atoms with E-state index in [0.717, 1.165) is 18.4 Å². The molecule has 0 aliphatic heterocycles. The van der Waals surface area contributed by atoms with Gasteiger partial charge in [-0.1, -0.05) is 57.0 Å². The van der Waals surface area contributed by atoms with Crippen molar-refractivity contribution in [3.8, 4) is 0 Å². The van der Waals surface area contributed by atoms with E-state index in [1.165, 1.54) is 6.08 Å². The summed E-state index contributed by atoms with van der Waals surface area (Å²) in [4.78, 5) is 24.3. The number of rotatable bonds is 10. The number of benzene rings is 1. The summed E-state index contributed by atoms with van der Waals surface area (Å²) >= 11 is 0. The average molecular weight is 332 g/mol. The first-order chi connectivity index (χ1) is 11.6. The molecule has 132 valence electrons. The summed E-state index contributed by atoms with van der Waals surface area (Å²) in [6.45, 7) is 6.10. The topological polar surface area (TPSA) is 52.6 Å². The zero-order valence-electron chi connectivity index (χ0n) is 14.9. The van der Waals surface area contributed by atoms with Crippen molar-refractivity contribution >= 4 is 18.0 Å². The predicted octanol–water partition coefficient (Wildman–Crippen LogP) is 4.39. The molecule has 0 spiro atoms. The van der Waals surface area contributed by atoms with E-state index in [9.17, 15) is 9.59 Å². The summed E-state index contributed by atoms with van der Waals surface area (Å²) in [5.74, 6) is -1.11. The molecular formula is C20H28O4. The summed E-state index contributed by atoms with van der Waals surface area (Å²) in [5, 5.41) is 0. The molecule has 0 saturated heterocycles. The lowest BCUT2D eigenvalue weighted by Gasteiger charge is -2.24. The van der Waals surface area contributed by atoms with Crippen LogP contribution in [0.15, 0.2) is 36.4 Å². The lowest BCUT2D eigenvalue weighted by molar-refractivity contribution is -0.159. The van der Waals surface area contributed by atoms with Crippen LogP contribution in [0.5, 0.6) is 0 Å². The first kappa shape index (κ1) is 19.9. The number of unbranched alkanes of at least 4 members (excludes halogenated alkanes) is 1. The van der Waals surface area contributed by atoms with Gasteiger partial charge in [-0.15, -0.1) is 0 Å². The van der Waals surface area contributed by atoms with Crippen molar-refractivity contribution in [3.63, 3.8) is 0 Å². The standard InChI is InChI=1S/C20H28O4/c1-4-7-13-17(20(22)23-6-3)18(5-2)24-19(21)15-14-16-11-9-8-10-12-16/h8-12,14-15,17-18H,4-7,13H2,1-3H3/b15-14+. The van der Waals surface area contributed by atoms with Gasteiger partial charge in [0.15, 0.2) is 0 Å². The highest BCUT2D eigenvalue weighted by molar-refractivity contribution is 5.87. The second-order valence-electron chi connectivity index (χ2n) is 5.63. The third-order valence-corrected chi connectivity index (χ3v) is 3.79. The first-order valence-electron chi connectivity index (χ1n) is 8.72. The van der Waals surface area contributed by atoms with E-state index in [1.54, 1.807) is 13.0 Å². The van der Waals surface area contributed by atoms with Crippen LogP contribution in [0.2, 0.25) is 0 Å². The van der Waals surface area contributed by atoms with Crippen LogP contribution in [0.25, 0.3) is 6.08 Å². The van der Waals surface area contributed by atoms with Gasteiger partial charge >= 0.3 is 11.9 Å². The molecular weight excluding hydrogens is 304 g/mol. The summed E-state index contributed by atoms with van der Waals surface area (Å²) in [5.41, 5.74) is 0.926. The molecule has 0 radical (unpaired) electrons. The number of hydrogen-bond acceptors (Lipinski definition) is 4. The summed E-state index contributed by atoms with van der Waals surface area (Å²) in [7, 11) is 0. The Hall–Kier alpha value is -2.10. The van der Waals surface area contributed by atoms with E-state index >= 15 is 0 Å². The third-order valence-electron chi connectivity index (χ3n) is 3.79. The molecule has 0 heterocycles. The van der Waals surface area contributed by atoms with Crippen molar-refractivity contribution < 1.29 is 19.1 Å². The number of hydrogen-bond donors (Lipinski definition) is 0. The minimum atomic E-state index is -0.455. The van der Waals surface area contributed by atoms with Gasteiger partial charge in [-0.2, -0.15) is 0 Å². The minimum absolute atomic E-state index is 0.280. The van der Waals surface area contributed by atoms with Gasteiger partial charge in [0, 0.05) is 6.08 Å². The maximum atomic E-state index is 12.2. The Morgan fingerprint density at radius 1 is 1.12 bits per heavy atom. The van der Waals surface area contributed by atoms with Crippen LogP contribution in [0.4, 0.5) is 0 Å². The van der Waals surface area contributed by atoms with Crippen molar-refractivity contribution in [1.82, 2.24) is 0 Å². The number of ether oxygens (including phenoxy) is 2. The van der Waals surface area contributed by atoms with E-state index in [0.29, 0.717) is 19.4 Å². The number of esters is 2. The lowest BCUT2D eigenvalue weighted by atomic mass is 9.94. The summed E-state index contributed by atoms with van der Waals surface area (Å²) in [6, 6.07) is 9.54. The average Bonchev–Trinajstić information content (AvgIpc) is 2.60. The van der Waals surface area contributed by atoms with E-state index in [1.807, 2.05) is 37.3 Å². The van der Waals surface area contributed by atoms with Gasteiger partial charge in [-0.05, 0) is 31.4 Å². The Bertz CT molecular complexity index is 522. The summed E-state index contributed by atoms with van der Waals surface area (Å²) < 4.78 is 10.7. The molecule has 4 nitrogen and oxygen atoms in total. The molecule has 0 aromatic heterocycles. The smallest absolute Gasteiger partial charge is 0.331 e. The van der Waals surface area contributed by atoms with Crippen molar-refractivity contribution in [2.75, 3.05) is 6.61 Å². The highest BCUT2D eigenvalue weighted by atomic mass is 16.6. The van der Waals surface area contributed by atoms with Crippen LogP contribution >= 0.6 is 0 Å². The largest absolute Gasteiger partial charge is 0.466 e. The molecule has 24 heavy (non-hydrogen) atoms. The molecule has 1 rings (SSSR count). The second kappa shape index (κ2) is 11.4. The van der Waals surface area contributed by atoms with E-state index in [2.05, 4.69) is 6.92 Å². The minimum Gasteiger partial charge on any atom is -0.466 e. The molecule has 0 fully saturated rings. The molecule has 2 unspecified atom stereocenters. The Balaban J connectivity index is 2.71. The molecule has 1 aromatic rings. The zero-order valence-corrected chi connectivity index (χ0v) is 14.9. The van der Waals surface area contributed by atoms with Crippen LogP contribution in [0.1, 0.15) is 52.0 Å². The maximum absolute atomic E-state index is 12.2. The molecule has 0 N–H and O–H groups in total. The van der Waals surface area contributed by atoms with Crippen molar-refractivity contribution in [2.45, 2.75) is 52.6 Å². The van der Waals surface area contributed by atoms with E-state index in [-0.39, 0.29) is 5.97 Å². The fraction of sp³-hybridized carbons (Fsp3) is 0.500. The van der Waals surface area contributed by atoms with Gasteiger partial charge in [0.25, 0.3) is 0 Å². The predicted molar refractivity (Wildman–Crippen MR) is 95.3 cm³/mol. The monoisotopic (exact) mass is 332 g/mol. The van der Waals surface area contributed by atoms with Gasteiger partial charge in [0.1, 0.15) is 6.10 Å². The van der Waals surface area contributed by atoms with E-state index in [4.69, 9.17) is 9.47 Å². The molecule has 0 saturated carbocycles. The van der Waals surface area contributed by atoms with Crippen molar-refractivity contribution in [2.24, 2.45) is 5.92 Å². The molecule has 0 aliphatic carbocycles. The number of carbonyl (C=O) groups excluding carboxylic acids is 2. The normalized spacial score (nSPS) is 13.5. The molecule has 2 atom stereocenters. The van der Waals surface area contributed by atoms with Crippen LogP contribution in [0, 0.1) is 5.92 Å².